The first kappa shape index (κ1) is 10.7. The van der Waals surface area contributed by atoms with Crippen LogP contribution in [0.4, 0.5) is 5.95 Å². The molecule has 1 fully saturated rings. The molecule has 1 aromatic heterocycles. The molecule has 0 aromatic carbocycles. The van der Waals surface area contributed by atoms with Crippen LogP contribution in [-0.4, -0.2) is 40.7 Å². The van der Waals surface area contributed by atoms with Crippen LogP contribution < -0.4 is 9.64 Å². The lowest BCUT2D eigenvalue weighted by atomic mass is 10.0. The second-order valence-electron chi connectivity index (χ2n) is 3.57. The average molecular weight is 223 g/mol. The van der Waals surface area contributed by atoms with E-state index in [1.165, 1.54) is 0 Å². The summed E-state index contributed by atoms with van der Waals surface area (Å²) in [6.07, 6.45) is 1.61. The van der Waals surface area contributed by atoms with Crippen LogP contribution in [0.3, 0.4) is 0 Å². The van der Waals surface area contributed by atoms with E-state index in [4.69, 9.17) is 9.84 Å². The van der Waals surface area contributed by atoms with Gasteiger partial charge in [0.1, 0.15) is 0 Å². The summed E-state index contributed by atoms with van der Waals surface area (Å²) in [7, 11) is 0. The van der Waals surface area contributed by atoms with Crippen molar-refractivity contribution in [1.29, 1.82) is 0 Å². The van der Waals surface area contributed by atoms with Crippen molar-refractivity contribution in [2.24, 2.45) is 5.92 Å². The number of anilines is 1. The van der Waals surface area contributed by atoms with Crippen LogP contribution in [-0.2, 0) is 4.79 Å². The second kappa shape index (κ2) is 4.34. The summed E-state index contributed by atoms with van der Waals surface area (Å²) >= 11 is 0. The van der Waals surface area contributed by atoms with E-state index >= 15 is 0 Å². The number of aromatic nitrogens is 2. The van der Waals surface area contributed by atoms with Gasteiger partial charge in [-0.1, -0.05) is 0 Å². The van der Waals surface area contributed by atoms with Crippen molar-refractivity contribution in [2.75, 3.05) is 24.6 Å². The molecule has 0 atom stereocenters. The maximum absolute atomic E-state index is 10.6. The molecule has 2 rings (SSSR count). The number of carboxylic acid groups (broad SMARTS) is 1. The maximum atomic E-state index is 10.6. The fourth-order valence-corrected chi connectivity index (χ4v) is 1.51. The number of ether oxygens (including phenoxy) is 1. The molecule has 1 N–H and O–H groups in total. The van der Waals surface area contributed by atoms with Crippen LogP contribution in [0.1, 0.15) is 6.92 Å². The van der Waals surface area contributed by atoms with E-state index in [1.54, 1.807) is 12.3 Å². The molecule has 0 bridgehead atoms. The van der Waals surface area contributed by atoms with E-state index in [1.807, 2.05) is 11.8 Å². The smallest absolute Gasteiger partial charge is 0.310 e. The van der Waals surface area contributed by atoms with Crippen LogP contribution in [0.15, 0.2) is 12.3 Å². The number of carboxylic acids is 1. The van der Waals surface area contributed by atoms with Crippen molar-refractivity contribution in [2.45, 2.75) is 6.92 Å². The summed E-state index contributed by atoms with van der Waals surface area (Å²) in [6, 6.07) is 1.68. The average Bonchev–Trinajstić information content (AvgIpc) is 2.15. The molecule has 0 amide bonds. The first-order valence-corrected chi connectivity index (χ1v) is 5.14. The summed E-state index contributed by atoms with van der Waals surface area (Å²) in [5.41, 5.74) is 0. The van der Waals surface area contributed by atoms with Gasteiger partial charge in [-0.05, 0) is 6.92 Å². The Morgan fingerprint density at radius 1 is 1.69 bits per heavy atom. The molecule has 1 aliphatic rings. The Bertz CT molecular complexity index is 391. The molecule has 0 saturated carbocycles. The number of carbonyl (C=O) groups is 1. The maximum Gasteiger partial charge on any atom is 0.310 e. The molecule has 0 unspecified atom stereocenters. The number of hydrogen-bond donors (Lipinski definition) is 1. The highest BCUT2D eigenvalue weighted by Gasteiger charge is 2.34. The minimum absolute atomic E-state index is 0.306. The lowest BCUT2D eigenvalue weighted by Crippen LogP contribution is -2.51. The van der Waals surface area contributed by atoms with E-state index in [-0.39, 0.29) is 5.92 Å². The zero-order chi connectivity index (χ0) is 11.5. The molecular formula is C10H13N3O3. The van der Waals surface area contributed by atoms with E-state index in [9.17, 15) is 4.79 Å². The Kier molecular flexibility index (Phi) is 2.89. The molecular weight excluding hydrogens is 210 g/mol. The van der Waals surface area contributed by atoms with Crippen LogP contribution in [0, 0.1) is 5.92 Å². The highest BCUT2D eigenvalue weighted by atomic mass is 16.5. The van der Waals surface area contributed by atoms with E-state index in [2.05, 4.69) is 9.97 Å². The first-order chi connectivity index (χ1) is 7.70. The molecule has 0 radical (unpaired) electrons. The van der Waals surface area contributed by atoms with Crippen molar-refractivity contribution < 1.29 is 14.6 Å². The zero-order valence-corrected chi connectivity index (χ0v) is 8.96. The Morgan fingerprint density at radius 3 is 3.06 bits per heavy atom. The van der Waals surface area contributed by atoms with Gasteiger partial charge < -0.3 is 14.7 Å². The van der Waals surface area contributed by atoms with Gasteiger partial charge in [0.25, 0.3) is 0 Å². The Hall–Kier alpha value is -1.85. The predicted molar refractivity (Wildman–Crippen MR) is 56.5 cm³/mol. The molecule has 6 nitrogen and oxygen atoms in total. The third-order valence-corrected chi connectivity index (χ3v) is 2.42. The van der Waals surface area contributed by atoms with E-state index in [0.717, 1.165) is 0 Å². The van der Waals surface area contributed by atoms with Gasteiger partial charge in [-0.2, -0.15) is 4.98 Å². The van der Waals surface area contributed by atoms with Crippen molar-refractivity contribution in [3.05, 3.63) is 12.3 Å². The first-order valence-electron chi connectivity index (χ1n) is 5.14. The van der Waals surface area contributed by atoms with Crippen LogP contribution in [0.2, 0.25) is 0 Å². The van der Waals surface area contributed by atoms with Gasteiger partial charge in [0.05, 0.1) is 12.5 Å². The summed E-state index contributed by atoms with van der Waals surface area (Å²) in [5, 5.41) is 8.74. The number of hydrogen-bond acceptors (Lipinski definition) is 5. The summed E-state index contributed by atoms with van der Waals surface area (Å²) in [4.78, 5) is 20.7. The highest BCUT2D eigenvalue weighted by Crippen LogP contribution is 2.22. The second-order valence-corrected chi connectivity index (χ2v) is 3.57. The van der Waals surface area contributed by atoms with Crippen molar-refractivity contribution >= 4 is 11.9 Å². The molecule has 1 saturated heterocycles. The van der Waals surface area contributed by atoms with Crippen molar-refractivity contribution in [3.8, 4) is 5.88 Å². The van der Waals surface area contributed by atoms with Crippen LogP contribution in [0.25, 0.3) is 0 Å². The van der Waals surface area contributed by atoms with Crippen LogP contribution >= 0.6 is 0 Å². The molecule has 0 spiro atoms. The number of rotatable bonds is 4. The minimum Gasteiger partial charge on any atom is -0.481 e. The summed E-state index contributed by atoms with van der Waals surface area (Å²) in [6.45, 7) is 3.36. The highest BCUT2D eigenvalue weighted by molar-refractivity contribution is 5.73. The molecule has 1 aliphatic heterocycles. The molecule has 6 heteroatoms. The SMILES string of the molecule is CCOc1ccnc(N2CC(C(=O)O)C2)n1. The fourth-order valence-electron chi connectivity index (χ4n) is 1.51. The summed E-state index contributed by atoms with van der Waals surface area (Å²) < 4.78 is 5.25. The third-order valence-electron chi connectivity index (χ3n) is 2.42. The molecule has 2 heterocycles. The largest absolute Gasteiger partial charge is 0.481 e. The Morgan fingerprint density at radius 2 is 2.44 bits per heavy atom. The lowest BCUT2D eigenvalue weighted by Gasteiger charge is -2.36. The zero-order valence-electron chi connectivity index (χ0n) is 8.96. The van der Waals surface area contributed by atoms with Gasteiger partial charge in [-0.15, -0.1) is 0 Å². The monoisotopic (exact) mass is 223 g/mol. The summed E-state index contributed by atoms with van der Waals surface area (Å²) in [5.74, 6) is -0.0220. The number of nitrogens with zero attached hydrogens (tertiary/aromatic N) is 3. The van der Waals surface area contributed by atoms with E-state index in [0.29, 0.717) is 31.5 Å². The topological polar surface area (TPSA) is 75.5 Å². The van der Waals surface area contributed by atoms with E-state index < -0.39 is 5.97 Å². The quantitative estimate of drug-likeness (QED) is 0.796. The van der Waals surface area contributed by atoms with Crippen molar-refractivity contribution in [1.82, 2.24) is 9.97 Å². The van der Waals surface area contributed by atoms with Gasteiger partial charge >= 0.3 is 5.97 Å². The van der Waals surface area contributed by atoms with Gasteiger partial charge in [-0.3, -0.25) is 4.79 Å². The lowest BCUT2D eigenvalue weighted by molar-refractivity contribution is -0.142. The van der Waals surface area contributed by atoms with Gasteiger partial charge in [0.2, 0.25) is 11.8 Å². The Balaban J connectivity index is 2.00. The van der Waals surface area contributed by atoms with Gasteiger partial charge in [0.15, 0.2) is 0 Å². The third kappa shape index (κ3) is 2.05. The molecule has 86 valence electrons. The Labute approximate surface area is 92.9 Å². The molecule has 16 heavy (non-hydrogen) atoms. The molecule has 1 aromatic rings. The van der Waals surface area contributed by atoms with Gasteiger partial charge in [-0.25, -0.2) is 4.98 Å². The minimum atomic E-state index is -0.766. The van der Waals surface area contributed by atoms with Crippen molar-refractivity contribution in [3.63, 3.8) is 0 Å². The van der Waals surface area contributed by atoms with Crippen LogP contribution in [0.5, 0.6) is 5.88 Å². The molecule has 0 aliphatic carbocycles. The predicted octanol–water partition coefficient (Wildman–Crippen LogP) is 0.396. The standard InChI is InChI=1S/C10H13N3O3/c1-2-16-8-3-4-11-10(12-8)13-5-7(6-13)9(14)15/h3-4,7H,2,5-6H2,1H3,(H,14,15). The number of aliphatic carboxylic acids is 1. The fraction of sp³-hybridized carbons (Fsp3) is 0.500. The normalized spacial score (nSPS) is 15.7. The van der Waals surface area contributed by atoms with Gasteiger partial charge in [0, 0.05) is 25.4 Å².